The maximum Gasteiger partial charge on any atom is 0.334 e. The molecule has 0 radical (unpaired) electrons. The summed E-state index contributed by atoms with van der Waals surface area (Å²) in [6.07, 6.45) is 4.26. The van der Waals surface area contributed by atoms with Crippen molar-refractivity contribution in [1.82, 2.24) is 0 Å². The standard InChI is InChI=1S/C6H15P.C5H7ClO2/c1-4-7(5-2)6-3;1-4(2)5(7)8-3-6/h4-6H2,1-3H3;1,3H2,2H3. The molecule has 0 N–H and O–H groups in total. The van der Waals surface area contributed by atoms with Crippen molar-refractivity contribution in [2.24, 2.45) is 0 Å². The molecule has 0 amide bonds. The molecule has 15 heavy (non-hydrogen) atoms. The Hall–Kier alpha value is -0.0700. The molecule has 0 aliphatic heterocycles. The molecule has 0 aromatic carbocycles. The number of esters is 1. The number of carbonyl (C=O) groups is 1. The molecule has 0 aromatic rings. The third-order valence-corrected chi connectivity index (χ3v) is 4.67. The van der Waals surface area contributed by atoms with Gasteiger partial charge in [0.05, 0.1) is 0 Å². The van der Waals surface area contributed by atoms with Crippen LogP contribution in [0.15, 0.2) is 12.2 Å². The molecule has 4 heteroatoms. The number of halogens is 1. The summed E-state index contributed by atoms with van der Waals surface area (Å²) in [6.45, 7) is 11.8. The van der Waals surface area contributed by atoms with Crippen LogP contribution in [0.5, 0.6) is 0 Å². The monoisotopic (exact) mass is 252 g/mol. The van der Waals surface area contributed by atoms with Crippen molar-refractivity contribution in [2.45, 2.75) is 27.7 Å². The van der Waals surface area contributed by atoms with E-state index in [9.17, 15) is 4.79 Å². The predicted molar refractivity (Wildman–Crippen MR) is 70.2 cm³/mol. The molecule has 0 bridgehead atoms. The first-order valence-electron chi connectivity index (χ1n) is 5.14. The summed E-state index contributed by atoms with van der Waals surface area (Å²) < 4.78 is 4.33. The van der Waals surface area contributed by atoms with Crippen molar-refractivity contribution >= 4 is 25.5 Å². The highest BCUT2D eigenvalue weighted by Gasteiger charge is 1.98. The molecular weight excluding hydrogens is 231 g/mol. The zero-order valence-electron chi connectivity index (χ0n) is 10.2. The lowest BCUT2D eigenvalue weighted by Crippen LogP contribution is -2.02. The van der Waals surface area contributed by atoms with E-state index in [0.717, 1.165) is 0 Å². The van der Waals surface area contributed by atoms with Gasteiger partial charge in [0, 0.05) is 5.57 Å². The van der Waals surface area contributed by atoms with E-state index in [1.165, 1.54) is 18.5 Å². The van der Waals surface area contributed by atoms with E-state index in [1.54, 1.807) is 6.92 Å². The van der Waals surface area contributed by atoms with Crippen LogP contribution < -0.4 is 0 Å². The fraction of sp³-hybridized carbons (Fsp3) is 0.727. The molecule has 0 saturated carbocycles. The van der Waals surface area contributed by atoms with Gasteiger partial charge in [-0.1, -0.05) is 39.0 Å². The van der Waals surface area contributed by atoms with Gasteiger partial charge in [0.2, 0.25) is 0 Å². The zero-order chi connectivity index (χ0) is 12.3. The zero-order valence-corrected chi connectivity index (χ0v) is 11.8. The number of carbonyl (C=O) groups excluding carboxylic acids is 1. The van der Waals surface area contributed by atoms with Gasteiger partial charge < -0.3 is 4.74 Å². The van der Waals surface area contributed by atoms with Gasteiger partial charge in [-0.25, -0.2) is 4.79 Å². The Morgan fingerprint density at radius 2 is 1.67 bits per heavy atom. The van der Waals surface area contributed by atoms with E-state index in [-0.39, 0.29) is 6.07 Å². The molecule has 0 fully saturated rings. The molecule has 0 atom stereocenters. The summed E-state index contributed by atoms with van der Waals surface area (Å²) in [6, 6.07) is -0.105. The second-order valence-electron chi connectivity index (χ2n) is 2.94. The summed E-state index contributed by atoms with van der Waals surface area (Å²) in [5.41, 5.74) is 0.366. The second-order valence-corrected chi connectivity index (χ2v) is 6.40. The van der Waals surface area contributed by atoms with E-state index in [0.29, 0.717) is 13.5 Å². The Bertz CT molecular complexity index is 174. The Morgan fingerprint density at radius 1 is 1.27 bits per heavy atom. The summed E-state index contributed by atoms with van der Waals surface area (Å²) in [5, 5.41) is 0. The van der Waals surface area contributed by atoms with Gasteiger partial charge in [0.15, 0.2) is 6.07 Å². The Labute approximate surface area is 99.8 Å². The van der Waals surface area contributed by atoms with Crippen molar-refractivity contribution in [2.75, 3.05) is 24.6 Å². The Balaban J connectivity index is 0. The highest BCUT2D eigenvalue weighted by Crippen LogP contribution is 2.32. The van der Waals surface area contributed by atoms with Crippen LogP contribution in [-0.4, -0.2) is 30.5 Å². The van der Waals surface area contributed by atoms with E-state index < -0.39 is 5.97 Å². The molecule has 0 unspecified atom stereocenters. The van der Waals surface area contributed by atoms with Crippen molar-refractivity contribution in [3.8, 4) is 0 Å². The van der Waals surface area contributed by atoms with Crippen LogP contribution in [0.3, 0.4) is 0 Å². The minimum atomic E-state index is -0.444. The molecule has 0 spiro atoms. The first kappa shape index (κ1) is 17.3. The van der Waals surface area contributed by atoms with E-state index in [4.69, 9.17) is 11.6 Å². The lowest BCUT2D eigenvalue weighted by Gasteiger charge is -2.07. The van der Waals surface area contributed by atoms with Crippen LogP contribution in [0, 0.1) is 0 Å². The minimum absolute atomic E-state index is 0.105. The van der Waals surface area contributed by atoms with Crippen molar-refractivity contribution in [3.05, 3.63) is 12.2 Å². The molecule has 2 nitrogen and oxygen atoms in total. The van der Waals surface area contributed by atoms with Crippen LogP contribution in [0.4, 0.5) is 0 Å². The maximum atomic E-state index is 10.3. The topological polar surface area (TPSA) is 26.3 Å². The number of hydrogen-bond donors (Lipinski definition) is 0. The van der Waals surface area contributed by atoms with Crippen LogP contribution >= 0.6 is 19.5 Å². The van der Waals surface area contributed by atoms with Gasteiger partial charge in [-0.05, 0) is 25.4 Å². The summed E-state index contributed by atoms with van der Waals surface area (Å²) in [5.74, 6) is -0.444. The maximum absolute atomic E-state index is 10.3. The minimum Gasteiger partial charge on any atom is -0.446 e. The van der Waals surface area contributed by atoms with Crippen molar-refractivity contribution in [1.29, 1.82) is 0 Å². The van der Waals surface area contributed by atoms with Crippen LogP contribution in [0.2, 0.25) is 0 Å². The van der Waals surface area contributed by atoms with E-state index >= 15 is 0 Å². The first-order chi connectivity index (χ1) is 7.03. The third kappa shape index (κ3) is 11.9. The second kappa shape index (κ2) is 12.0. The average Bonchev–Trinajstić information content (AvgIpc) is 2.21. The predicted octanol–water partition coefficient (Wildman–Crippen LogP) is 3.83. The largest absolute Gasteiger partial charge is 0.446 e. The van der Waals surface area contributed by atoms with Crippen LogP contribution in [0.1, 0.15) is 27.7 Å². The average molecular weight is 253 g/mol. The van der Waals surface area contributed by atoms with Gasteiger partial charge >= 0.3 is 5.97 Å². The summed E-state index contributed by atoms with van der Waals surface area (Å²) >= 11 is 5.06. The molecular formula is C11H22ClO2P. The number of hydrogen-bond acceptors (Lipinski definition) is 2. The highest BCUT2D eigenvalue weighted by atomic mass is 35.5. The molecule has 0 saturated heterocycles. The summed E-state index contributed by atoms with van der Waals surface area (Å²) in [7, 11) is 0.446. The fourth-order valence-corrected chi connectivity index (χ4v) is 2.28. The normalized spacial score (nSPS) is 9.20. The van der Waals surface area contributed by atoms with Crippen LogP contribution in [0.25, 0.3) is 0 Å². The number of alkyl halides is 1. The lowest BCUT2D eigenvalue weighted by atomic mass is 10.4. The smallest absolute Gasteiger partial charge is 0.334 e. The van der Waals surface area contributed by atoms with Gasteiger partial charge in [-0.2, -0.15) is 0 Å². The molecule has 0 heterocycles. The SMILES string of the molecule is C=C(C)C(=O)OCCl.CCP(CC)CC. The van der Waals surface area contributed by atoms with E-state index in [1.807, 2.05) is 0 Å². The highest BCUT2D eigenvalue weighted by molar-refractivity contribution is 7.57. The number of ether oxygens (including phenoxy) is 1. The lowest BCUT2D eigenvalue weighted by molar-refractivity contribution is -0.136. The molecule has 0 aliphatic rings. The fourth-order valence-electron chi connectivity index (χ4n) is 0.844. The quantitative estimate of drug-likeness (QED) is 0.322. The van der Waals surface area contributed by atoms with Crippen molar-refractivity contribution in [3.63, 3.8) is 0 Å². The van der Waals surface area contributed by atoms with Gasteiger partial charge in [-0.3, -0.25) is 0 Å². The van der Waals surface area contributed by atoms with Crippen molar-refractivity contribution < 1.29 is 9.53 Å². The molecule has 0 rings (SSSR count). The summed E-state index contributed by atoms with van der Waals surface area (Å²) in [4.78, 5) is 10.3. The molecule has 0 aromatic heterocycles. The van der Waals surface area contributed by atoms with Gasteiger partial charge in [-0.15, -0.1) is 7.92 Å². The first-order valence-corrected chi connectivity index (χ1v) is 7.57. The van der Waals surface area contributed by atoms with Crippen LogP contribution in [-0.2, 0) is 9.53 Å². The molecule has 0 aliphatic carbocycles. The van der Waals surface area contributed by atoms with Gasteiger partial charge in [0.25, 0.3) is 0 Å². The number of rotatable bonds is 5. The Kier molecular flexibility index (Phi) is 13.9. The van der Waals surface area contributed by atoms with E-state index in [2.05, 4.69) is 32.1 Å². The third-order valence-electron chi connectivity index (χ3n) is 1.88. The van der Waals surface area contributed by atoms with Gasteiger partial charge in [0.1, 0.15) is 0 Å². The molecule has 90 valence electrons. The Morgan fingerprint density at radius 3 is 1.73 bits per heavy atom.